The number of hydrogen-bond donors (Lipinski definition) is 1. The lowest BCUT2D eigenvalue weighted by Gasteiger charge is -2.08. The summed E-state index contributed by atoms with van der Waals surface area (Å²) in [4.78, 5) is 3.24. The maximum absolute atomic E-state index is 12.2. The van der Waals surface area contributed by atoms with Crippen LogP contribution in [0.15, 0.2) is 12.4 Å². The number of halogens is 3. The quantitative estimate of drug-likeness (QED) is 0.785. The topological polar surface area (TPSA) is 43.8 Å². The van der Waals surface area contributed by atoms with E-state index in [9.17, 15) is 13.2 Å². The van der Waals surface area contributed by atoms with E-state index in [1.165, 1.54) is 6.20 Å². The first kappa shape index (κ1) is 10.0. The first-order valence-electron chi connectivity index (χ1n) is 3.84. The van der Waals surface area contributed by atoms with Gasteiger partial charge in [0.05, 0.1) is 0 Å². The number of imidazole rings is 1. The second-order valence-corrected chi connectivity index (χ2v) is 2.58. The zero-order chi connectivity index (χ0) is 9.90. The summed E-state index contributed by atoms with van der Waals surface area (Å²) in [5.41, 5.74) is 5.19. The third-order valence-electron chi connectivity index (χ3n) is 1.57. The minimum Gasteiger partial charge on any atom is -0.330 e. The molecule has 74 valence electrons. The van der Waals surface area contributed by atoms with Crippen molar-refractivity contribution in [2.45, 2.75) is 19.1 Å². The van der Waals surface area contributed by atoms with E-state index in [0.29, 0.717) is 13.0 Å². The molecule has 0 saturated heterocycles. The Hall–Kier alpha value is -1.04. The van der Waals surface area contributed by atoms with Crippen LogP contribution >= 0.6 is 0 Å². The highest BCUT2D eigenvalue weighted by atomic mass is 19.4. The number of nitrogens with two attached hydrogens (primary N) is 1. The van der Waals surface area contributed by atoms with Gasteiger partial charge < -0.3 is 10.3 Å². The van der Waals surface area contributed by atoms with Crippen LogP contribution < -0.4 is 5.73 Å². The van der Waals surface area contributed by atoms with Crippen molar-refractivity contribution in [3.05, 3.63) is 18.2 Å². The zero-order valence-electron chi connectivity index (χ0n) is 6.88. The van der Waals surface area contributed by atoms with Crippen LogP contribution in [0.25, 0.3) is 0 Å². The van der Waals surface area contributed by atoms with Gasteiger partial charge in [0.1, 0.15) is 0 Å². The number of hydrogen-bond acceptors (Lipinski definition) is 2. The van der Waals surface area contributed by atoms with Crippen molar-refractivity contribution in [1.82, 2.24) is 9.55 Å². The summed E-state index contributed by atoms with van der Waals surface area (Å²) in [7, 11) is 0. The van der Waals surface area contributed by atoms with Crippen LogP contribution in [0.3, 0.4) is 0 Å². The largest absolute Gasteiger partial charge is 0.449 e. The van der Waals surface area contributed by atoms with Crippen LogP contribution in [0.4, 0.5) is 13.2 Å². The van der Waals surface area contributed by atoms with Gasteiger partial charge in [-0.05, 0) is 13.0 Å². The second kappa shape index (κ2) is 3.78. The van der Waals surface area contributed by atoms with Crippen molar-refractivity contribution in [1.29, 1.82) is 0 Å². The summed E-state index contributed by atoms with van der Waals surface area (Å²) >= 11 is 0. The van der Waals surface area contributed by atoms with Gasteiger partial charge in [-0.15, -0.1) is 0 Å². The van der Waals surface area contributed by atoms with Gasteiger partial charge in [0.15, 0.2) is 0 Å². The molecule has 0 unspecified atom stereocenters. The van der Waals surface area contributed by atoms with E-state index in [0.717, 1.165) is 10.8 Å². The number of aromatic nitrogens is 2. The van der Waals surface area contributed by atoms with Crippen LogP contribution in [0.1, 0.15) is 12.2 Å². The van der Waals surface area contributed by atoms with Gasteiger partial charge in [-0.2, -0.15) is 13.2 Å². The fraction of sp³-hybridized carbons (Fsp3) is 0.571. The maximum Gasteiger partial charge on any atom is 0.449 e. The Kier molecular flexibility index (Phi) is 2.92. The van der Waals surface area contributed by atoms with E-state index in [-0.39, 0.29) is 6.54 Å². The molecule has 13 heavy (non-hydrogen) atoms. The third kappa shape index (κ3) is 2.45. The Morgan fingerprint density at radius 3 is 2.69 bits per heavy atom. The third-order valence-corrected chi connectivity index (χ3v) is 1.57. The summed E-state index contributed by atoms with van der Waals surface area (Å²) in [5, 5.41) is 0. The second-order valence-electron chi connectivity index (χ2n) is 2.58. The fourth-order valence-electron chi connectivity index (χ4n) is 1.01. The molecule has 0 aliphatic carbocycles. The Bertz CT molecular complexity index is 266. The monoisotopic (exact) mass is 193 g/mol. The van der Waals surface area contributed by atoms with E-state index >= 15 is 0 Å². The number of aryl methyl sites for hydroxylation is 1. The van der Waals surface area contributed by atoms with Gasteiger partial charge in [0.2, 0.25) is 5.82 Å². The molecule has 2 N–H and O–H groups in total. The molecule has 0 saturated carbocycles. The van der Waals surface area contributed by atoms with Crippen molar-refractivity contribution in [3.63, 3.8) is 0 Å². The standard InChI is InChI=1S/C7H10F3N3/c8-7(9,10)6-12-3-5-13(6)4-1-2-11/h3,5H,1-2,4,11H2. The smallest absolute Gasteiger partial charge is 0.330 e. The number of rotatable bonds is 3. The van der Waals surface area contributed by atoms with E-state index in [2.05, 4.69) is 4.98 Å². The molecule has 1 aromatic rings. The highest BCUT2D eigenvalue weighted by molar-refractivity contribution is 4.96. The van der Waals surface area contributed by atoms with Gasteiger partial charge in [-0.3, -0.25) is 0 Å². The predicted octanol–water partition coefficient (Wildman–Crippen LogP) is 1.25. The van der Waals surface area contributed by atoms with Crippen LogP contribution in [-0.4, -0.2) is 16.1 Å². The van der Waals surface area contributed by atoms with Crippen molar-refractivity contribution in [2.75, 3.05) is 6.54 Å². The average Bonchev–Trinajstić information content (AvgIpc) is 2.47. The lowest BCUT2D eigenvalue weighted by atomic mass is 10.4. The van der Waals surface area contributed by atoms with E-state index in [4.69, 9.17) is 5.73 Å². The molecule has 1 heterocycles. The highest BCUT2D eigenvalue weighted by Gasteiger charge is 2.35. The van der Waals surface area contributed by atoms with Gasteiger partial charge >= 0.3 is 6.18 Å². The normalized spacial score (nSPS) is 12.0. The maximum atomic E-state index is 12.2. The first-order valence-corrected chi connectivity index (χ1v) is 3.84. The Balaban J connectivity index is 2.77. The summed E-state index contributed by atoms with van der Waals surface area (Å²) in [6, 6.07) is 0. The SMILES string of the molecule is NCCCn1ccnc1C(F)(F)F. The number of nitrogens with zero attached hydrogens (tertiary/aromatic N) is 2. The Morgan fingerprint density at radius 1 is 1.46 bits per heavy atom. The van der Waals surface area contributed by atoms with Crippen LogP contribution in [-0.2, 0) is 12.7 Å². The van der Waals surface area contributed by atoms with Crippen molar-refractivity contribution in [3.8, 4) is 0 Å². The molecular weight excluding hydrogens is 183 g/mol. The molecule has 0 aliphatic heterocycles. The molecule has 1 rings (SSSR count). The fourth-order valence-corrected chi connectivity index (χ4v) is 1.01. The summed E-state index contributed by atoms with van der Waals surface area (Å²) in [5.74, 6) is -0.860. The molecule has 1 aromatic heterocycles. The van der Waals surface area contributed by atoms with Gasteiger partial charge in [-0.1, -0.05) is 0 Å². The summed E-state index contributed by atoms with van der Waals surface area (Å²) in [6.07, 6.45) is -1.42. The molecule has 0 bridgehead atoms. The molecule has 0 amide bonds. The minimum absolute atomic E-state index is 0.255. The molecule has 0 fully saturated rings. The summed E-state index contributed by atoms with van der Waals surface area (Å²) < 4.78 is 37.6. The van der Waals surface area contributed by atoms with Crippen molar-refractivity contribution < 1.29 is 13.2 Å². The number of alkyl halides is 3. The van der Waals surface area contributed by atoms with Crippen LogP contribution in [0, 0.1) is 0 Å². The van der Waals surface area contributed by atoms with Gasteiger partial charge in [0.25, 0.3) is 0 Å². The molecule has 6 heteroatoms. The molecular formula is C7H10F3N3. The highest BCUT2D eigenvalue weighted by Crippen LogP contribution is 2.27. The van der Waals surface area contributed by atoms with Crippen LogP contribution in [0.2, 0.25) is 0 Å². The molecule has 3 nitrogen and oxygen atoms in total. The first-order chi connectivity index (χ1) is 6.05. The molecule has 0 aromatic carbocycles. The van der Waals surface area contributed by atoms with Crippen molar-refractivity contribution in [2.24, 2.45) is 5.73 Å². The molecule has 0 atom stereocenters. The van der Waals surface area contributed by atoms with Gasteiger partial charge in [-0.25, -0.2) is 4.98 Å². The van der Waals surface area contributed by atoms with E-state index in [1.54, 1.807) is 0 Å². The molecule has 0 aliphatic rings. The predicted molar refractivity (Wildman–Crippen MR) is 40.9 cm³/mol. The molecule has 0 radical (unpaired) electrons. The van der Waals surface area contributed by atoms with Crippen molar-refractivity contribution >= 4 is 0 Å². The van der Waals surface area contributed by atoms with Gasteiger partial charge in [0, 0.05) is 18.9 Å². The zero-order valence-corrected chi connectivity index (χ0v) is 6.88. The van der Waals surface area contributed by atoms with E-state index < -0.39 is 12.0 Å². The van der Waals surface area contributed by atoms with Crippen LogP contribution in [0.5, 0.6) is 0 Å². The lowest BCUT2D eigenvalue weighted by molar-refractivity contribution is -0.147. The Morgan fingerprint density at radius 2 is 2.15 bits per heavy atom. The average molecular weight is 193 g/mol. The summed E-state index contributed by atoms with van der Waals surface area (Å²) in [6.45, 7) is 0.626. The Labute approximate surface area is 73.4 Å². The van der Waals surface area contributed by atoms with E-state index in [1.807, 2.05) is 0 Å². The molecule has 0 spiro atoms. The lowest BCUT2D eigenvalue weighted by Crippen LogP contribution is -2.16. The minimum atomic E-state index is -4.38.